The molecule has 3 atom stereocenters. The minimum absolute atomic E-state index is 0.0126. The summed E-state index contributed by atoms with van der Waals surface area (Å²) in [7, 11) is -4.24. The van der Waals surface area contributed by atoms with Crippen molar-refractivity contribution in [1.29, 1.82) is 0 Å². The molecule has 4 aliphatic rings. The highest BCUT2D eigenvalue weighted by molar-refractivity contribution is 7.85. The fourth-order valence-corrected chi connectivity index (χ4v) is 6.83. The Labute approximate surface area is 126 Å². The highest BCUT2D eigenvalue weighted by Gasteiger charge is 2.59. The lowest BCUT2D eigenvalue weighted by Crippen LogP contribution is -2.64. The van der Waals surface area contributed by atoms with Crippen molar-refractivity contribution in [2.45, 2.75) is 64.1 Å². The molecular formula is C15H26FNO3S. The zero-order valence-corrected chi connectivity index (χ0v) is 13.7. The van der Waals surface area contributed by atoms with E-state index in [0.29, 0.717) is 16.7 Å². The molecular weight excluding hydrogens is 293 g/mol. The maximum Gasteiger partial charge on any atom is 0.267 e. The Bertz CT molecular complexity index is 517. The molecule has 0 aromatic rings. The van der Waals surface area contributed by atoms with E-state index >= 15 is 0 Å². The van der Waals surface area contributed by atoms with Crippen molar-refractivity contribution in [3.05, 3.63) is 0 Å². The summed E-state index contributed by atoms with van der Waals surface area (Å²) < 4.78 is 44.0. The molecule has 122 valence electrons. The molecule has 0 heterocycles. The van der Waals surface area contributed by atoms with Crippen LogP contribution in [0.5, 0.6) is 0 Å². The van der Waals surface area contributed by atoms with Gasteiger partial charge in [0.15, 0.2) is 0 Å². The number of rotatable bonds is 5. The van der Waals surface area contributed by atoms with Crippen LogP contribution in [0.4, 0.5) is 4.39 Å². The van der Waals surface area contributed by atoms with E-state index in [4.69, 9.17) is 4.55 Å². The van der Waals surface area contributed by atoms with E-state index in [1.807, 2.05) is 0 Å². The van der Waals surface area contributed by atoms with E-state index in [0.717, 1.165) is 19.3 Å². The molecule has 4 fully saturated rings. The van der Waals surface area contributed by atoms with Crippen LogP contribution in [0.15, 0.2) is 0 Å². The Hall–Kier alpha value is -0.200. The summed E-state index contributed by atoms with van der Waals surface area (Å²) in [5.41, 5.74) is 0.651. The third-order valence-electron chi connectivity index (χ3n) is 5.72. The summed E-state index contributed by atoms with van der Waals surface area (Å²) in [6.45, 7) is 4.70. The second-order valence-electron chi connectivity index (χ2n) is 8.64. The van der Waals surface area contributed by atoms with Crippen molar-refractivity contribution in [3.8, 4) is 0 Å². The monoisotopic (exact) mass is 319 g/mol. The first kappa shape index (κ1) is 15.7. The van der Waals surface area contributed by atoms with Crippen molar-refractivity contribution >= 4 is 10.1 Å². The molecule has 2 N–H and O–H groups in total. The number of nitrogens with one attached hydrogen (secondary N) is 1. The summed E-state index contributed by atoms with van der Waals surface area (Å²) in [5.74, 6) is -0.1000. The summed E-state index contributed by atoms with van der Waals surface area (Å²) >= 11 is 0. The molecule has 3 unspecified atom stereocenters. The topological polar surface area (TPSA) is 66.4 Å². The average Bonchev–Trinajstić information content (AvgIpc) is 2.18. The predicted molar refractivity (Wildman–Crippen MR) is 79.5 cm³/mol. The zero-order chi connectivity index (χ0) is 15.5. The number of alkyl halides is 1. The molecule has 21 heavy (non-hydrogen) atoms. The van der Waals surface area contributed by atoms with Gasteiger partial charge in [-0.25, -0.2) is 4.39 Å². The van der Waals surface area contributed by atoms with Crippen LogP contribution < -0.4 is 5.32 Å². The van der Waals surface area contributed by atoms with Gasteiger partial charge in [-0.1, -0.05) is 13.8 Å². The molecule has 4 rings (SSSR count). The third kappa shape index (κ3) is 3.27. The normalized spacial score (nSPS) is 46.8. The first-order chi connectivity index (χ1) is 9.51. The van der Waals surface area contributed by atoms with E-state index < -0.39 is 22.0 Å². The van der Waals surface area contributed by atoms with Crippen LogP contribution in [0.1, 0.15) is 52.4 Å². The van der Waals surface area contributed by atoms with Gasteiger partial charge in [0.05, 0.1) is 0 Å². The van der Waals surface area contributed by atoms with Gasteiger partial charge in [-0.15, -0.1) is 0 Å². The standard InChI is InChI=1S/C15H26FNO3S/c1-13-3-11-4-14(2,8-13)10-15(5-11,9-13)17-6-12(16)7-21(18,19)20/h11-12,17H,3-10H2,1-2H3,(H,18,19,20). The maximum absolute atomic E-state index is 13.8. The van der Waals surface area contributed by atoms with E-state index in [1.165, 1.54) is 19.3 Å². The molecule has 0 amide bonds. The fraction of sp³-hybridized carbons (Fsp3) is 1.00. The lowest BCUT2D eigenvalue weighted by molar-refractivity contribution is -0.118. The minimum Gasteiger partial charge on any atom is -0.308 e. The first-order valence-corrected chi connectivity index (χ1v) is 9.46. The molecule has 0 aromatic heterocycles. The summed E-state index contributed by atoms with van der Waals surface area (Å²) in [5, 5.41) is 3.35. The smallest absolute Gasteiger partial charge is 0.267 e. The quantitative estimate of drug-likeness (QED) is 0.764. The van der Waals surface area contributed by atoms with E-state index in [1.54, 1.807) is 0 Å². The molecule has 4 aliphatic carbocycles. The molecule has 0 aliphatic heterocycles. The molecule has 6 heteroatoms. The molecule has 4 saturated carbocycles. The first-order valence-electron chi connectivity index (χ1n) is 7.85. The van der Waals surface area contributed by atoms with Crippen LogP contribution in [0.25, 0.3) is 0 Å². The Morgan fingerprint density at radius 3 is 2.24 bits per heavy atom. The minimum atomic E-state index is -4.24. The van der Waals surface area contributed by atoms with Gasteiger partial charge in [-0.05, 0) is 55.3 Å². The van der Waals surface area contributed by atoms with Gasteiger partial charge < -0.3 is 5.32 Å². The number of hydrogen-bond donors (Lipinski definition) is 2. The van der Waals surface area contributed by atoms with Gasteiger partial charge >= 0.3 is 0 Å². The average molecular weight is 319 g/mol. The van der Waals surface area contributed by atoms with Crippen molar-refractivity contribution in [2.24, 2.45) is 16.7 Å². The second-order valence-corrected chi connectivity index (χ2v) is 10.1. The van der Waals surface area contributed by atoms with Crippen molar-refractivity contribution in [3.63, 3.8) is 0 Å². The van der Waals surface area contributed by atoms with E-state index in [9.17, 15) is 12.8 Å². The summed E-state index contributed by atoms with van der Waals surface area (Å²) in [6, 6.07) is 0. The molecule has 0 spiro atoms. The molecule has 4 nitrogen and oxygen atoms in total. The van der Waals surface area contributed by atoms with Crippen molar-refractivity contribution < 1.29 is 17.4 Å². The van der Waals surface area contributed by atoms with Crippen LogP contribution in [-0.4, -0.2) is 37.0 Å². The van der Waals surface area contributed by atoms with Gasteiger partial charge in [-0.2, -0.15) is 8.42 Å². The molecule has 4 bridgehead atoms. The van der Waals surface area contributed by atoms with Crippen molar-refractivity contribution in [1.82, 2.24) is 5.32 Å². The maximum atomic E-state index is 13.8. The molecule has 0 aromatic carbocycles. The van der Waals surface area contributed by atoms with Gasteiger partial charge in [0.1, 0.15) is 11.9 Å². The highest BCUT2D eigenvalue weighted by Crippen LogP contribution is 2.66. The van der Waals surface area contributed by atoms with Crippen LogP contribution in [0.2, 0.25) is 0 Å². The van der Waals surface area contributed by atoms with Gasteiger partial charge in [0.2, 0.25) is 0 Å². The zero-order valence-electron chi connectivity index (χ0n) is 12.9. The largest absolute Gasteiger partial charge is 0.308 e. The van der Waals surface area contributed by atoms with Gasteiger partial charge in [-0.3, -0.25) is 4.55 Å². The predicted octanol–water partition coefficient (Wildman–Crippen LogP) is 2.55. The van der Waals surface area contributed by atoms with Crippen LogP contribution in [0, 0.1) is 16.7 Å². The summed E-state index contributed by atoms with van der Waals surface area (Å²) in [4.78, 5) is 0. The fourth-order valence-electron chi connectivity index (χ4n) is 6.26. The van der Waals surface area contributed by atoms with Gasteiger partial charge in [0.25, 0.3) is 10.1 Å². The second kappa shape index (κ2) is 4.65. The number of hydrogen-bond acceptors (Lipinski definition) is 3. The lowest BCUT2D eigenvalue weighted by atomic mass is 9.43. The van der Waals surface area contributed by atoms with Gasteiger partial charge in [0, 0.05) is 12.1 Å². The Morgan fingerprint density at radius 1 is 1.19 bits per heavy atom. The Balaban J connectivity index is 1.68. The van der Waals surface area contributed by atoms with Crippen molar-refractivity contribution in [2.75, 3.05) is 12.3 Å². The lowest BCUT2D eigenvalue weighted by Gasteiger charge is -2.65. The molecule has 0 saturated heterocycles. The van der Waals surface area contributed by atoms with E-state index in [-0.39, 0.29) is 12.1 Å². The van der Waals surface area contributed by atoms with Crippen LogP contribution in [-0.2, 0) is 10.1 Å². The van der Waals surface area contributed by atoms with E-state index in [2.05, 4.69) is 19.2 Å². The number of halogens is 1. The highest BCUT2D eigenvalue weighted by atomic mass is 32.2. The summed E-state index contributed by atoms with van der Waals surface area (Å²) in [6.07, 6.45) is 5.45. The van der Waals surface area contributed by atoms with Crippen LogP contribution in [0.3, 0.4) is 0 Å². The SMILES string of the molecule is CC12CC3CC(C)(C1)CC(NCC(F)CS(=O)(=O)O)(C3)C2. The Kier molecular flexibility index (Phi) is 3.47. The van der Waals surface area contributed by atoms with Crippen LogP contribution >= 0.6 is 0 Å². The molecule has 0 radical (unpaired) electrons. The third-order valence-corrected chi connectivity index (χ3v) is 6.50. The Morgan fingerprint density at radius 2 is 1.76 bits per heavy atom.